The summed E-state index contributed by atoms with van der Waals surface area (Å²) in [6.45, 7) is 2.94. The van der Waals surface area contributed by atoms with Crippen LogP contribution in [0.2, 0.25) is 0 Å². The van der Waals surface area contributed by atoms with Crippen molar-refractivity contribution in [2.75, 3.05) is 20.8 Å². The molecule has 1 atom stereocenters. The van der Waals surface area contributed by atoms with E-state index in [1.807, 2.05) is 25.1 Å². The molecular weight excluding hydrogens is 250 g/mol. The number of hydrogen-bond acceptors (Lipinski definition) is 4. The standard InChI is InChI=1S/C13H19NO3S/c1-9(7-15-2)17-8-11-6-10(13(14)18)4-5-12(11)16-3/h4-6,9H,7-8H2,1-3H3,(H2,14,18). The summed E-state index contributed by atoms with van der Waals surface area (Å²) >= 11 is 4.95. The van der Waals surface area contributed by atoms with E-state index in [1.165, 1.54) is 0 Å². The van der Waals surface area contributed by atoms with Gasteiger partial charge in [0.05, 0.1) is 26.4 Å². The van der Waals surface area contributed by atoms with Crippen molar-refractivity contribution in [3.05, 3.63) is 29.3 Å². The van der Waals surface area contributed by atoms with E-state index in [1.54, 1.807) is 14.2 Å². The maximum absolute atomic E-state index is 5.66. The fraction of sp³-hybridized carbons (Fsp3) is 0.462. The van der Waals surface area contributed by atoms with Crippen molar-refractivity contribution in [2.24, 2.45) is 5.73 Å². The Balaban J connectivity index is 2.78. The van der Waals surface area contributed by atoms with Crippen LogP contribution in [0.1, 0.15) is 18.1 Å². The predicted molar refractivity (Wildman–Crippen MR) is 75.0 cm³/mol. The van der Waals surface area contributed by atoms with E-state index in [0.717, 1.165) is 16.9 Å². The molecule has 4 nitrogen and oxygen atoms in total. The van der Waals surface area contributed by atoms with Crippen LogP contribution in [-0.2, 0) is 16.1 Å². The van der Waals surface area contributed by atoms with Crippen LogP contribution >= 0.6 is 12.2 Å². The third kappa shape index (κ3) is 4.25. The summed E-state index contributed by atoms with van der Waals surface area (Å²) < 4.78 is 15.9. The van der Waals surface area contributed by atoms with Crippen LogP contribution < -0.4 is 10.5 Å². The van der Waals surface area contributed by atoms with Crippen molar-refractivity contribution in [2.45, 2.75) is 19.6 Å². The van der Waals surface area contributed by atoms with Crippen molar-refractivity contribution >= 4 is 17.2 Å². The zero-order chi connectivity index (χ0) is 13.5. The van der Waals surface area contributed by atoms with E-state index >= 15 is 0 Å². The van der Waals surface area contributed by atoms with Gasteiger partial charge in [0.2, 0.25) is 0 Å². The molecule has 0 saturated carbocycles. The molecular formula is C13H19NO3S. The fourth-order valence-electron chi connectivity index (χ4n) is 1.56. The van der Waals surface area contributed by atoms with Crippen LogP contribution in [0.4, 0.5) is 0 Å². The van der Waals surface area contributed by atoms with Gasteiger partial charge in [-0.15, -0.1) is 0 Å². The molecule has 0 aliphatic rings. The third-order valence-corrected chi connectivity index (χ3v) is 2.73. The maximum atomic E-state index is 5.66. The summed E-state index contributed by atoms with van der Waals surface area (Å²) in [6.07, 6.45) is 0.0215. The fourth-order valence-corrected chi connectivity index (χ4v) is 1.69. The quantitative estimate of drug-likeness (QED) is 0.766. The number of rotatable bonds is 7. The second-order valence-electron chi connectivity index (χ2n) is 3.97. The maximum Gasteiger partial charge on any atom is 0.124 e. The van der Waals surface area contributed by atoms with E-state index in [0.29, 0.717) is 18.2 Å². The van der Waals surface area contributed by atoms with Gasteiger partial charge in [-0.1, -0.05) is 12.2 Å². The van der Waals surface area contributed by atoms with Crippen LogP contribution in [0.15, 0.2) is 18.2 Å². The molecule has 1 unspecified atom stereocenters. The number of methoxy groups -OCH3 is 2. The van der Waals surface area contributed by atoms with Gasteiger partial charge in [-0.25, -0.2) is 0 Å². The van der Waals surface area contributed by atoms with Crippen molar-refractivity contribution in [3.8, 4) is 5.75 Å². The highest BCUT2D eigenvalue weighted by Crippen LogP contribution is 2.21. The lowest BCUT2D eigenvalue weighted by molar-refractivity contribution is -0.000736. The zero-order valence-electron chi connectivity index (χ0n) is 10.9. The van der Waals surface area contributed by atoms with Crippen LogP contribution in [0.25, 0.3) is 0 Å². The first-order valence-corrected chi connectivity index (χ1v) is 6.06. The van der Waals surface area contributed by atoms with E-state index in [9.17, 15) is 0 Å². The van der Waals surface area contributed by atoms with Gasteiger partial charge in [-0.05, 0) is 25.1 Å². The lowest BCUT2D eigenvalue weighted by Crippen LogP contribution is -2.15. The van der Waals surface area contributed by atoms with Gasteiger partial charge in [0.1, 0.15) is 10.7 Å². The monoisotopic (exact) mass is 269 g/mol. The molecule has 0 aromatic heterocycles. The average Bonchev–Trinajstić information content (AvgIpc) is 2.36. The Bertz CT molecular complexity index is 409. The first-order valence-electron chi connectivity index (χ1n) is 5.65. The first kappa shape index (κ1) is 14.9. The minimum absolute atomic E-state index is 0.0215. The Hall–Kier alpha value is -1.17. The second-order valence-corrected chi connectivity index (χ2v) is 4.41. The average molecular weight is 269 g/mol. The largest absolute Gasteiger partial charge is 0.496 e. The van der Waals surface area contributed by atoms with Gasteiger partial charge in [0.25, 0.3) is 0 Å². The molecule has 0 saturated heterocycles. The molecule has 18 heavy (non-hydrogen) atoms. The molecule has 0 aliphatic carbocycles. The lowest BCUT2D eigenvalue weighted by Gasteiger charge is -2.14. The van der Waals surface area contributed by atoms with Gasteiger partial charge in [-0.3, -0.25) is 0 Å². The molecule has 0 spiro atoms. The van der Waals surface area contributed by atoms with Gasteiger partial charge in [0.15, 0.2) is 0 Å². The highest BCUT2D eigenvalue weighted by atomic mass is 32.1. The molecule has 2 N–H and O–H groups in total. The predicted octanol–water partition coefficient (Wildman–Crippen LogP) is 1.88. The molecule has 0 bridgehead atoms. The summed E-state index contributed by atoms with van der Waals surface area (Å²) in [5, 5.41) is 0. The number of hydrogen-bond donors (Lipinski definition) is 1. The highest BCUT2D eigenvalue weighted by molar-refractivity contribution is 7.80. The van der Waals surface area contributed by atoms with E-state index in [2.05, 4.69) is 0 Å². The van der Waals surface area contributed by atoms with Crippen LogP contribution in [0.5, 0.6) is 5.75 Å². The minimum atomic E-state index is 0.0215. The van der Waals surface area contributed by atoms with E-state index < -0.39 is 0 Å². The number of thiocarbonyl (C=S) groups is 1. The first-order chi connectivity index (χ1) is 8.58. The molecule has 5 heteroatoms. The molecule has 1 rings (SSSR count). The SMILES string of the molecule is COCC(C)OCc1cc(C(N)=S)ccc1OC. The molecule has 100 valence electrons. The van der Waals surface area contributed by atoms with Crippen LogP contribution in [-0.4, -0.2) is 31.9 Å². The lowest BCUT2D eigenvalue weighted by atomic mass is 10.1. The van der Waals surface area contributed by atoms with Crippen molar-refractivity contribution in [3.63, 3.8) is 0 Å². The normalized spacial score (nSPS) is 12.2. The minimum Gasteiger partial charge on any atom is -0.496 e. The molecule has 1 aromatic rings. The second kappa shape index (κ2) is 7.31. The Morgan fingerprint density at radius 3 is 2.67 bits per heavy atom. The van der Waals surface area contributed by atoms with Gasteiger partial charge < -0.3 is 19.9 Å². The van der Waals surface area contributed by atoms with Gasteiger partial charge in [0, 0.05) is 18.2 Å². The molecule has 0 aliphatic heterocycles. The molecule has 0 radical (unpaired) electrons. The van der Waals surface area contributed by atoms with Gasteiger partial charge in [-0.2, -0.15) is 0 Å². The van der Waals surface area contributed by atoms with E-state index in [4.69, 9.17) is 32.2 Å². The van der Waals surface area contributed by atoms with Crippen molar-refractivity contribution < 1.29 is 14.2 Å². The summed E-state index contributed by atoms with van der Waals surface area (Å²) in [6, 6.07) is 5.57. The third-order valence-electron chi connectivity index (χ3n) is 2.49. The molecule has 0 heterocycles. The Morgan fingerprint density at radius 2 is 2.11 bits per heavy atom. The van der Waals surface area contributed by atoms with Crippen LogP contribution in [0, 0.1) is 0 Å². The Morgan fingerprint density at radius 1 is 1.39 bits per heavy atom. The van der Waals surface area contributed by atoms with E-state index in [-0.39, 0.29) is 6.10 Å². The number of nitrogens with two attached hydrogens (primary N) is 1. The van der Waals surface area contributed by atoms with Crippen LogP contribution in [0.3, 0.4) is 0 Å². The highest BCUT2D eigenvalue weighted by Gasteiger charge is 2.08. The summed E-state index contributed by atoms with van der Waals surface area (Å²) in [4.78, 5) is 0.365. The molecule has 1 aromatic carbocycles. The van der Waals surface area contributed by atoms with Crippen molar-refractivity contribution in [1.29, 1.82) is 0 Å². The number of benzene rings is 1. The topological polar surface area (TPSA) is 53.7 Å². The van der Waals surface area contributed by atoms with Gasteiger partial charge >= 0.3 is 0 Å². The number of ether oxygens (including phenoxy) is 3. The zero-order valence-corrected chi connectivity index (χ0v) is 11.8. The van der Waals surface area contributed by atoms with Crippen molar-refractivity contribution in [1.82, 2.24) is 0 Å². The molecule has 0 fully saturated rings. The Labute approximate surface area is 113 Å². The smallest absolute Gasteiger partial charge is 0.124 e. The summed E-state index contributed by atoms with van der Waals surface area (Å²) in [7, 11) is 3.27. The summed E-state index contributed by atoms with van der Waals surface area (Å²) in [5.41, 5.74) is 7.34. The Kier molecular flexibility index (Phi) is 6.04. The molecule has 0 amide bonds. The summed E-state index contributed by atoms with van der Waals surface area (Å²) in [5.74, 6) is 0.764.